The largest absolute Gasteiger partial charge is 0.496 e. The Labute approximate surface area is 239 Å². The van der Waals surface area contributed by atoms with Gasteiger partial charge in [-0.15, -0.1) is 0 Å². The lowest BCUT2D eigenvalue weighted by atomic mass is 9.97. The van der Waals surface area contributed by atoms with Gasteiger partial charge in [0.05, 0.1) is 31.3 Å². The number of piperazine rings is 1. The van der Waals surface area contributed by atoms with Crippen molar-refractivity contribution in [2.75, 3.05) is 33.9 Å². The maximum Gasteiger partial charge on any atom is 0.419 e. The molecular weight excluding hydrogens is 532 g/mol. The molecule has 0 amide bonds. The van der Waals surface area contributed by atoms with E-state index in [-0.39, 0.29) is 6.04 Å². The number of aryl methyl sites for hydroxylation is 1. The Morgan fingerprint density at radius 3 is 2.34 bits per heavy atom. The van der Waals surface area contributed by atoms with Gasteiger partial charge in [0.1, 0.15) is 11.4 Å². The maximum absolute atomic E-state index is 13.7. The van der Waals surface area contributed by atoms with Crippen LogP contribution in [0.1, 0.15) is 60.8 Å². The molecule has 2 heterocycles. The minimum atomic E-state index is -2.46. The number of carbonyl (C=O) groups is 2. The Kier molecular flexibility index (Phi) is 9.03. The van der Waals surface area contributed by atoms with E-state index in [9.17, 15) is 18.4 Å². The summed E-state index contributed by atoms with van der Waals surface area (Å²) in [5.41, 5.74) is 3.16. The zero-order valence-electron chi connectivity index (χ0n) is 24.7. The van der Waals surface area contributed by atoms with Crippen molar-refractivity contribution in [3.05, 3.63) is 64.8 Å². The van der Waals surface area contributed by atoms with Crippen molar-refractivity contribution in [1.82, 2.24) is 14.4 Å². The van der Waals surface area contributed by atoms with Gasteiger partial charge in [0.25, 0.3) is 6.43 Å². The average molecular weight is 572 g/mol. The topological polar surface area (TPSA) is 73.2 Å². The molecule has 0 saturated carbocycles. The van der Waals surface area contributed by atoms with E-state index in [4.69, 9.17) is 14.2 Å². The number of rotatable bonds is 7. The van der Waals surface area contributed by atoms with E-state index in [1.165, 1.54) is 11.7 Å². The van der Waals surface area contributed by atoms with Gasteiger partial charge in [-0.3, -0.25) is 14.4 Å². The summed E-state index contributed by atoms with van der Waals surface area (Å²) in [4.78, 5) is 29.1. The summed E-state index contributed by atoms with van der Waals surface area (Å²) in [6.45, 7) is 10.8. The molecule has 8 nitrogen and oxygen atoms in total. The first kappa shape index (κ1) is 30.5. The van der Waals surface area contributed by atoms with Crippen molar-refractivity contribution in [1.29, 1.82) is 0 Å². The molecule has 1 aromatic heterocycles. The van der Waals surface area contributed by atoms with Gasteiger partial charge in [-0.25, -0.2) is 18.4 Å². The fourth-order valence-corrected chi connectivity index (χ4v) is 5.41. The molecule has 0 bridgehead atoms. The zero-order valence-corrected chi connectivity index (χ0v) is 24.7. The molecule has 1 aliphatic rings. The van der Waals surface area contributed by atoms with Crippen molar-refractivity contribution in [2.24, 2.45) is 0 Å². The second-order valence-corrected chi connectivity index (χ2v) is 11.5. The van der Waals surface area contributed by atoms with Gasteiger partial charge in [0.15, 0.2) is 0 Å². The van der Waals surface area contributed by atoms with Gasteiger partial charge in [0.2, 0.25) is 0 Å². The third kappa shape index (κ3) is 6.54. The second-order valence-electron chi connectivity index (χ2n) is 11.5. The van der Waals surface area contributed by atoms with Crippen molar-refractivity contribution in [2.45, 2.75) is 65.3 Å². The number of esters is 1. The first-order chi connectivity index (χ1) is 19.3. The lowest BCUT2D eigenvalue weighted by Crippen LogP contribution is -2.52. The molecule has 0 radical (unpaired) electrons. The number of methoxy groups -OCH3 is 2. The van der Waals surface area contributed by atoms with Crippen LogP contribution in [0.2, 0.25) is 0 Å². The summed E-state index contributed by atoms with van der Waals surface area (Å²) in [5.74, 6) is 0.242. The summed E-state index contributed by atoms with van der Waals surface area (Å²) < 4.78 is 45.2. The highest BCUT2D eigenvalue weighted by molar-refractivity contribution is 5.95. The van der Waals surface area contributed by atoms with E-state index in [1.807, 2.05) is 52.0 Å². The second kappa shape index (κ2) is 12.2. The van der Waals surface area contributed by atoms with E-state index < -0.39 is 30.1 Å². The Morgan fingerprint density at radius 2 is 1.76 bits per heavy atom. The molecule has 41 heavy (non-hydrogen) atoms. The normalized spacial score (nSPS) is 17.6. The Hall–Kier alpha value is -3.50. The number of aromatic nitrogens is 1. The van der Waals surface area contributed by atoms with E-state index in [2.05, 4.69) is 4.90 Å². The van der Waals surface area contributed by atoms with E-state index >= 15 is 0 Å². The lowest BCUT2D eigenvalue weighted by Gasteiger charge is -2.44. The number of benzene rings is 2. The number of hydrogen-bond donors (Lipinski definition) is 0. The first-order valence-corrected chi connectivity index (χ1v) is 13.7. The van der Waals surface area contributed by atoms with Crippen molar-refractivity contribution in [3.8, 4) is 5.75 Å². The number of ether oxygens (including phenoxy) is 3. The molecule has 1 aliphatic heterocycles. The van der Waals surface area contributed by atoms with Gasteiger partial charge in [-0.1, -0.05) is 12.1 Å². The molecule has 10 heteroatoms. The zero-order chi connectivity index (χ0) is 30.1. The number of fused-ring (bicyclic) bond motifs is 1. The van der Waals surface area contributed by atoms with Crippen molar-refractivity contribution >= 4 is 23.0 Å². The van der Waals surface area contributed by atoms with Crippen molar-refractivity contribution < 1.29 is 32.6 Å². The Bertz CT molecular complexity index is 1400. The van der Waals surface area contributed by atoms with Crippen LogP contribution in [0.3, 0.4) is 0 Å². The summed E-state index contributed by atoms with van der Waals surface area (Å²) in [7, 11) is 2.94. The van der Waals surface area contributed by atoms with Crippen LogP contribution < -0.4 is 4.74 Å². The molecule has 222 valence electrons. The summed E-state index contributed by atoms with van der Waals surface area (Å²) >= 11 is 0. The summed E-state index contributed by atoms with van der Waals surface area (Å²) in [6.07, 6.45) is -1.22. The van der Waals surface area contributed by atoms with Crippen LogP contribution in [0.25, 0.3) is 10.9 Å². The molecule has 3 aromatic rings. The molecule has 0 spiro atoms. The highest BCUT2D eigenvalue weighted by Crippen LogP contribution is 2.37. The predicted octanol–water partition coefficient (Wildman–Crippen LogP) is 6.04. The first-order valence-electron chi connectivity index (χ1n) is 13.7. The van der Waals surface area contributed by atoms with Gasteiger partial charge in [0, 0.05) is 49.4 Å². The minimum absolute atomic E-state index is 0.231. The van der Waals surface area contributed by atoms with Crippen LogP contribution >= 0.6 is 0 Å². The Balaban J connectivity index is 1.74. The standard InChI is InChI=1S/C31H39F2N3O5/c1-19-16-26(39-6)24(23-12-13-36(27(19)23)30(38)41-31(3,4)5)17-35-15-14-34(20(2)28(32)33)18-25(35)21-8-10-22(11-9-21)29(37)40-7/h8-13,16,20,25,28H,14-15,17-18H2,1-7H3/t20?,25-/m0/s1. The monoisotopic (exact) mass is 571 g/mol. The highest BCUT2D eigenvalue weighted by Gasteiger charge is 2.34. The number of alkyl halides is 2. The van der Waals surface area contributed by atoms with Crippen LogP contribution in [-0.2, 0) is 16.0 Å². The summed E-state index contributed by atoms with van der Waals surface area (Å²) in [5, 5.41) is 0.857. The molecule has 2 atom stereocenters. The van der Waals surface area contributed by atoms with E-state index in [0.717, 1.165) is 27.6 Å². The van der Waals surface area contributed by atoms with Crippen LogP contribution in [0.4, 0.5) is 13.6 Å². The molecule has 2 aromatic carbocycles. The number of hydrogen-bond acceptors (Lipinski definition) is 7. The molecule has 0 aliphatic carbocycles. The predicted molar refractivity (Wildman–Crippen MR) is 153 cm³/mol. The number of nitrogens with zero attached hydrogens (tertiary/aromatic N) is 3. The average Bonchev–Trinajstić information content (AvgIpc) is 3.39. The quantitative estimate of drug-likeness (QED) is 0.320. The lowest BCUT2D eigenvalue weighted by molar-refractivity contribution is -0.0146. The summed E-state index contributed by atoms with van der Waals surface area (Å²) in [6, 6.07) is 9.76. The Morgan fingerprint density at radius 1 is 1.07 bits per heavy atom. The van der Waals surface area contributed by atoms with Crippen LogP contribution in [-0.4, -0.2) is 78.4 Å². The molecular formula is C31H39F2N3O5. The third-order valence-electron chi connectivity index (χ3n) is 7.58. The number of halogens is 2. The van der Waals surface area contributed by atoms with Gasteiger partial charge in [-0.2, -0.15) is 0 Å². The fourth-order valence-electron chi connectivity index (χ4n) is 5.41. The third-order valence-corrected chi connectivity index (χ3v) is 7.58. The van der Waals surface area contributed by atoms with Gasteiger partial charge in [-0.05, 0) is 70.0 Å². The molecule has 1 saturated heterocycles. The molecule has 0 N–H and O–H groups in total. The smallest absolute Gasteiger partial charge is 0.419 e. The van der Waals surface area contributed by atoms with E-state index in [1.54, 1.807) is 37.3 Å². The van der Waals surface area contributed by atoms with Crippen LogP contribution in [0.5, 0.6) is 5.75 Å². The van der Waals surface area contributed by atoms with Crippen LogP contribution in [0, 0.1) is 6.92 Å². The fraction of sp³-hybridized carbons (Fsp3) is 0.484. The minimum Gasteiger partial charge on any atom is -0.496 e. The van der Waals surface area contributed by atoms with Crippen LogP contribution in [0.15, 0.2) is 42.6 Å². The van der Waals surface area contributed by atoms with Gasteiger partial charge < -0.3 is 14.2 Å². The van der Waals surface area contributed by atoms with Crippen molar-refractivity contribution in [3.63, 3.8) is 0 Å². The highest BCUT2D eigenvalue weighted by atomic mass is 19.3. The molecule has 1 unspecified atom stereocenters. The molecule has 4 rings (SSSR count). The SMILES string of the molecule is COC(=O)c1ccc([C@@H]2CN(C(C)C(F)F)CCN2Cc2c(OC)cc(C)c3c2ccn3C(=O)OC(C)(C)C)cc1. The van der Waals surface area contributed by atoms with Gasteiger partial charge >= 0.3 is 12.1 Å². The maximum atomic E-state index is 13.7. The number of carbonyl (C=O) groups excluding carboxylic acids is 2. The molecule has 1 fully saturated rings. The van der Waals surface area contributed by atoms with E-state index in [0.29, 0.717) is 37.5 Å².